The van der Waals surface area contributed by atoms with Gasteiger partial charge in [-0.1, -0.05) is 0 Å². The van der Waals surface area contributed by atoms with E-state index < -0.39 is 6.17 Å². The minimum absolute atomic E-state index is 0.284. The molecule has 1 rings (SSSR count). The first-order chi connectivity index (χ1) is 4.83. The lowest BCUT2D eigenvalue weighted by Gasteiger charge is -2.11. The Hall–Kier alpha value is -0.180. The van der Waals surface area contributed by atoms with E-state index in [-0.39, 0.29) is 6.67 Å². The third-order valence-corrected chi connectivity index (χ3v) is 1.82. The number of likely N-dealkylation sites (tertiary alicyclic amines) is 1. The molecule has 1 heterocycles. The Bertz CT molecular complexity index is 97.6. The van der Waals surface area contributed by atoms with Gasteiger partial charge in [-0.3, -0.25) is 4.39 Å². The zero-order valence-corrected chi connectivity index (χ0v) is 6.02. The molecule has 1 aliphatic heterocycles. The van der Waals surface area contributed by atoms with Crippen LogP contribution in [0.3, 0.4) is 0 Å². The third kappa shape index (κ3) is 2.21. The molecule has 0 radical (unpaired) electrons. The van der Waals surface area contributed by atoms with E-state index in [1.165, 1.54) is 0 Å². The summed E-state index contributed by atoms with van der Waals surface area (Å²) in [5.41, 5.74) is 0. The zero-order valence-electron chi connectivity index (χ0n) is 6.02. The molecule has 3 heteroatoms. The summed E-state index contributed by atoms with van der Waals surface area (Å²) in [4.78, 5) is 1.98. The van der Waals surface area contributed by atoms with Gasteiger partial charge in [0.1, 0.15) is 6.17 Å². The van der Waals surface area contributed by atoms with Crippen molar-refractivity contribution in [2.45, 2.75) is 19.0 Å². The van der Waals surface area contributed by atoms with Gasteiger partial charge in [0.15, 0.2) is 0 Å². The summed E-state index contributed by atoms with van der Waals surface area (Å²) >= 11 is 0. The van der Waals surface area contributed by atoms with Crippen molar-refractivity contribution in [3.8, 4) is 0 Å². The average Bonchev–Trinajstić information content (AvgIpc) is 2.31. The highest BCUT2D eigenvalue weighted by molar-refractivity contribution is 4.74. The van der Waals surface area contributed by atoms with E-state index in [0.29, 0.717) is 19.4 Å². The van der Waals surface area contributed by atoms with E-state index in [0.717, 1.165) is 13.1 Å². The van der Waals surface area contributed by atoms with Crippen LogP contribution in [0.15, 0.2) is 0 Å². The van der Waals surface area contributed by atoms with Crippen LogP contribution in [0.1, 0.15) is 12.8 Å². The van der Waals surface area contributed by atoms with Crippen LogP contribution < -0.4 is 0 Å². The summed E-state index contributed by atoms with van der Waals surface area (Å²) in [5.74, 6) is 0. The molecular formula is C7H13F2N. The van der Waals surface area contributed by atoms with Crippen LogP contribution >= 0.6 is 0 Å². The predicted molar refractivity (Wildman–Crippen MR) is 36.5 cm³/mol. The molecule has 0 aromatic carbocycles. The quantitative estimate of drug-likeness (QED) is 0.586. The zero-order chi connectivity index (χ0) is 7.40. The van der Waals surface area contributed by atoms with Crippen molar-refractivity contribution in [2.24, 2.45) is 0 Å². The van der Waals surface area contributed by atoms with E-state index >= 15 is 0 Å². The molecule has 0 spiro atoms. The number of alkyl halides is 2. The highest BCUT2D eigenvalue weighted by Gasteiger charge is 2.20. The monoisotopic (exact) mass is 149 g/mol. The van der Waals surface area contributed by atoms with Crippen LogP contribution in [-0.2, 0) is 0 Å². The summed E-state index contributed by atoms with van der Waals surface area (Å²) in [7, 11) is 0. The van der Waals surface area contributed by atoms with Crippen molar-refractivity contribution in [1.82, 2.24) is 4.90 Å². The van der Waals surface area contributed by atoms with Gasteiger partial charge in [0.2, 0.25) is 0 Å². The Morgan fingerprint density at radius 1 is 1.50 bits per heavy atom. The lowest BCUT2D eigenvalue weighted by atomic mass is 10.3. The normalized spacial score (nSPS) is 27.6. The Balaban J connectivity index is 2.06. The fourth-order valence-electron chi connectivity index (χ4n) is 1.27. The third-order valence-electron chi connectivity index (χ3n) is 1.82. The van der Waals surface area contributed by atoms with E-state index in [4.69, 9.17) is 0 Å². The maximum Gasteiger partial charge on any atom is 0.114 e. The minimum atomic E-state index is -0.667. The Morgan fingerprint density at radius 3 is 2.80 bits per heavy atom. The highest BCUT2D eigenvalue weighted by atomic mass is 19.1. The maximum absolute atomic E-state index is 12.5. The molecule has 0 bridgehead atoms. The molecule has 1 aliphatic rings. The van der Waals surface area contributed by atoms with E-state index in [1.807, 2.05) is 4.90 Å². The summed E-state index contributed by atoms with van der Waals surface area (Å²) in [5, 5.41) is 0. The van der Waals surface area contributed by atoms with Crippen LogP contribution in [0.5, 0.6) is 0 Å². The molecule has 1 nitrogen and oxygen atoms in total. The first-order valence-electron chi connectivity index (χ1n) is 3.75. The number of hydrogen-bond donors (Lipinski definition) is 0. The fraction of sp³-hybridized carbons (Fsp3) is 1.00. The molecule has 0 unspecified atom stereocenters. The van der Waals surface area contributed by atoms with Crippen molar-refractivity contribution in [2.75, 3.05) is 26.3 Å². The van der Waals surface area contributed by atoms with Crippen molar-refractivity contribution in [1.29, 1.82) is 0 Å². The molecule has 0 saturated carbocycles. The average molecular weight is 149 g/mol. The van der Waals surface area contributed by atoms with Crippen LogP contribution in [0, 0.1) is 0 Å². The second-order valence-corrected chi connectivity index (χ2v) is 2.73. The second-order valence-electron chi connectivity index (χ2n) is 2.73. The topological polar surface area (TPSA) is 3.24 Å². The lowest BCUT2D eigenvalue weighted by molar-refractivity contribution is 0.275. The summed E-state index contributed by atoms with van der Waals surface area (Å²) in [6, 6.07) is 0. The van der Waals surface area contributed by atoms with Gasteiger partial charge in [0, 0.05) is 19.6 Å². The van der Waals surface area contributed by atoms with Crippen LogP contribution in [0.2, 0.25) is 0 Å². The molecular weight excluding hydrogens is 136 g/mol. The number of nitrogens with zero attached hydrogens (tertiary/aromatic N) is 1. The molecule has 0 aromatic rings. The van der Waals surface area contributed by atoms with Gasteiger partial charge in [-0.05, 0) is 12.8 Å². The van der Waals surface area contributed by atoms with Gasteiger partial charge in [0.25, 0.3) is 0 Å². The summed E-state index contributed by atoms with van der Waals surface area (Å²) in [6.07, 6.45) is 0.513. The van der Waals surface area contributed by atoms with E-state index in [1.54, 1.807) is 0 Å². The van der Waals surface area contributed by atoms with Crippen molar-refractivity contribution in [3.63, 3.8) is 0 Å². The molecule has 1 saturated heterocycles. The number of rotatable bonds is 3. The molecule has 1 fully saturated rings. The SMILES string of the molecule is FCCCN1CC[C@@H](F)C1. The highest BCUT2D eigenvalue weighted by Crippen LogP contribution is 2.11. The maximum atomic E-state index is 12.5. The van der Waals surface area contributed by atoms with E-state index in [2.05, 4.69) is 0 Å². The Morgan fingerprint density at radius 2 is 2.30 bits per heavy atom. The standard InChI is InChI=1S/C7H13F2N/c8-3-1-4-10-5-2-7(9)6-10/h7H,1-6H2/t7-/m1/s1. The molecule has 10 heavy (non-hydrogen) atoms. The fourth-order valence-corrected chi connectivity index (χ4v) is 1.27. The van der Waals surface area contributed by atoms with Crippen LogP contribution in [-0.4, -0.2) is 37.4 Å². The Kier molecular flexibility index (Phi) is 3.06. The van der Waals surface area contributed by atoms with Gasteiger partial charge in [-0.2, -0.15) is 0 Å². The number of hydrogen-bond acceptors (Lipinski definition) is 1. The first-order valence-corrected chi connectivity index (χ1v) is 3.75. The van der Waals surface area contributed by atoms with Crippen molar-refractivity contribution < 1.29 is 8.78 Å². The summed E-state index contributed by atoms with van der Waals surface area (Å²) < 4.78 is 24.1. The molecule has 0 aromatic heterocycles. The number of halogens is 2. The van der Waals surface area contributed by atoms with Gasteiger partial charge >= 0.3 is 0 Å². The molecule has 0 aliphatic carbocycles. The second kappa shape index (κ2) is 3.86. The van der Waals surface area contributed by atoms with Crippen molar-refractivity contribution in [3.05, 3.63) is 0 Å². The molecule has 60 valence electrons. The molecule has 1 atom stereocenters. The predicted octanol–water partition coefficient (Wildman–Crippen LogP) is 1.39. The minimum Gasteiger partial charge on any atom is -0.300 e. The Labute approximate surface area is 60.0 Å². The van der Waals surface area contributed by atoms with Gasteiger partial charge in [-0.25, -0.2) is 4.39 Å². The van der Waals surface area contributed by atoms with Crippen LogP contribution in [0.4, 0.5) is 8.78 Å². The first kappa shape index (κ1) is 7.92. The van der Waals surface area contributed by atoms with Gasteiger partial charge in [0.05, 0.1) is 6.67 Å². The van der Waals surface area contributed by atoms with Crippen molar-refractivity contribution >= 4 is 0 Å². The molecule has 0 N–H and O–H groups in total. The lowest BCUT2D eigenvalue weighted by Crippen LogP contribution is -2.22. The molecule has 0 amide bonds. The van der Waals surface area contributed by atoms with E-state index in [9.17, 15) is 8.78 Å². The van der Waals surface area contributed by atoms with Gasteiger partial charge < -0.3 is 4.90 Å². The van der Waals surface area contributed by atoms with Gasteiger partial charge in [-0.15, -0.1) is 0 Å². The summed E-state index contributed by atoms with van der Waals surface area (Å²) in [6.45, 7) is 1.76. The largest absolute Gasteiger partial charge is 0.300 e. The van der Waals surface area contributed by atoms with Crippen LogP contribution in [0.25, 0.3) is 0 Å². The smallest absolute Gasteiger partial charge is 0.114 e.